The fourth-order valence-electron chi connectivity index (χ4n) is 0.430. The minimum Gasteiger partial charge on any atom is -0.300 e. The van der Waals surface area contributed by atoms with Gasteiger partial charge in [-0.1, -0.05) is 30.1 Å². The molecule has 0 saturated carbocycles. The van der Waals surface area contributed by atoms with E-state index in [-0.39, 0.29) is 5.78 Å². The normalized spacial score (nSPS) is 8.62. The zero-order valence-corrected chi connectivity index (χ0v) is 9.19. The van der Waals surface area contributed by atoms with Gasteiger partial charge in [0.05, 0.1) is 0 Å². The Morgan fingerprint density at radius 1 is 1.15 bits per heavy atom. The summed E-state index contributed by atoms with van der Waals surface area (Å²) < 4.78 is 0. The van der Waals surface area contributed by atoms with Crippen LogP contribution < -0.4 is 0 Å². The number of halogens is 2. The smallest absolute Gasteiger partial charge is 0.129 e. The molecule has 0 atom stereocenters. The summed E-state index contributed by atoms with van der Waals surface area (Å²) >= 11 is 11.1. The van der Waals surface area contributed by atoms with E-state index in [1.165, 1.54) is 0 Å². The molecule has 0 N–H and O–H groups in total. The minimum absolute atomic E-state index is 0.255. The molecule has 0 aromatic heterocycles. The van der Waals surface area contributed by atoms with Crippen molar-refractivity contribution in [3.8, 4) is 0 Å². The lowest BCUT2D eigenvalue weighted by Crippen LogP contribution is -1.80. The molecule has 0 fully saturated rings. The molecule has 0 radical (unpaired) electrons. The van der Waals surface area contributed by atoms with Gasteiger partial charge in [0.15, 0.2) is 0 Å². The maximum absolute atomic E-state index is 9.81. The van der Waals surface area contributed by atoms with Crippen molar-refractivity contribution in [2.24, 2.45) is 0 Å². The van der Waals surface area contributed by atoms with Crippen LogP contribution >= 0.6 is 23.2 Å². The first-order chi connectivity index (χ1) is 6.06. The zero-order valence-electron chi connectivity index (χ0n) is 7.68. The van der Waals surface area contributed by atoms with Crippen molar-refractivity contribution >= 4 is 29.0 Å². The molecule has 0 amide bonds. The van der Waals surface area contributed by atoms with Crippen molar-refractivity contribution in [1.29, 1.82) is 0 Å². The molecule has 0 spiro atoms. The molecule has 13 heavy (non-hydrogen) atoms. The van der Waals surface area contributed by atoms with Gasteiger partial charge in [-0.25, -0.2) is 0 Å². The molecule has 1 aromatic carbocycles. The molecule has 0 unspecified atom stereocenters. The average Bonchev–Trinajstić information content (AvgIpc) is 2.11. The van der Waals surface area contributed by atoms with E-state index >= 15 is 0 Å². The van der Waals surface area contributed by atoms with Crippen molar-refractivity contribution in [3.05, 3.63) is 34.3 Å². The fraction of sp³-hybridized carbons (Fsp3) is 0.300. The lowest BCUT2D eigenvalue weighted by molar-refractivity contribution is -0.116. The van der Waals surface area contributed by atoms with Gasteiger partial charge in [0, 0.05) is 16.5 Å². The van der Waals surface area contributed by atoms with Crippen molar-refractivity contribution in [3.63, 3.8) is 0 Å². The first-order valence-corrected chi connectivity index (χ1v) is 4.72. The van der Waals surface area contributed by atoms with Crippen LogP contribution in [0.15, 0.2) is 24.3 Å². The molecular formula is C10H12Cl2O. The van der Waals surface area contributed by atoms with Crippen LogP contribution in [0.1, 0.15) is 20.3 Å². The molecule has 0 saturated heterocycles. The van der Waals surface area contributed by atoms with Crippen molar-refractivity contribution in [2.75, 3.05) is 0 Å². The highest BCUT2D eigenvalue weighted by molar-refractivity contribution is 6.32. The van der Waals surface area contributed by atoms with Gasteiger partial charge in [0.25, 0.3) is 0 Å². The quantitative estimate of drug-likeness (QED) is 0.698. The molecule has 0 aliphatic heterocycles. The molecule has 0 heterocycles. The second kappa shape index (κ2) is 6.93. The first kappa shape index (κ1) is 12.5. The topological polar surface area (TPSA) is 17.1 Å². The molecule has 1 rings (SSSR count). The summed E-state index contributed by atoms with van der Waals surface area (Å²) in [7, 11) is 0. The predicted octanol–water partition coefficient (Wildman–Crippen LogP) is 3.98. The Morgan fingerprint density at radius 2 is 1.38 bits per heavy atom. The van der Waals surface area contributed by atoms with E-state index in [0.717, 1.165) is 10.0 Å². The van der Waals surface area contributed by atoms with Crippen molar-refractivity contribution in [2.45, 2.75) is 20.3 Å². The van der Waals surface area contributed by atoms with Gasteiger partial charge in [-0.2, -0.15) is 0 Å². The van der Waals surface area contributed by atoms with Crippen LogP contribution in [-0.4, -0.2) is 5.78 Å². The molecule has 1 nitrogen and oxygen atoms in total. The van der Waals surface area contributed by atoms with E-state index in [2.05, 4.69) is 0 Å². The second-order valence-corrected chi connectivity index (χ2v) is 3.36. The third kappa shape index (κ3) is 7.82. The SMILES string of the molecule is CCC(C)=O.Clc1ccc(Cl)cc1. The molecule has 0 aliphatic rings. The van der Waals surface area contributed by atoms with E-state index in [9.17, 15) is 4.79 Å². The molecule has 1 aromatic rings. The van der Waals surface area contributed by atoms with E-state index in [0.29, 0.717) is 6.42 Å². The minimum atomic E-state index is 0.255. The number of ketones is 1. The lowest BCUT2D eigenvalue weighted by atomic mass is 10.4. The van der Waals surface area contributed by atoms with Crippen LogP contribution in [0.25, 0.3) is 0 Å². The summed E-state index contributed by atoms with van der Waals surface area (Å²) in [6.07, 6.45) is 0.667. The second-order valence-electron chi connectivity index (χ2n) is 2.49. The highest BCUT2D eigenvalue weighted by atomic mass is 35.5. The summed E-state index contributed by atoms with van der Waals surface area (Å²) in [5, 5.41) is 1.43. The monoisotopic (exact) mass is 218 g/mol. The highest BCUT2D eigenvalue weighted by Crippen LogP contribution is 2.12. The third-order valence-corrected chi connectivity index (χ3v) is 1.81. The number of benzene rings is 1. The van der Waals surface area contributed by atoms with E-state index in [1.54, 1.807) is 31.2 Å². The van der Waals surface area contributed by atoms with Crippen LogP contribution in [0.3, 0.4) is 0 Å². The molecule has 72 valence electrons. The standard InChI is InChI=1S/C6H4Cl2.C4H8O/c7-5-1-2-6(8)4-3-5;1-3-4(2)5/h1-4H;3H2,1-2H3. The Kier molecular flexibility index (Phi) is 6.65. The van der Waals surface area contributed by atoms with Gasteiger partial charge >= 0.3 is 0 Å². The first-order valence-electron chi connectivity index (χ1n) is 3.96. The van der Waals surface area contributed by atoms with Crippen LogP contribution in [0.4, 0.5) is 0 Å². The van der Waals surface area contributed by atoms with Gasteiger partial charge in [-0.3, -0.25) is 0 Å². The summed E-state index contributed by atoms with van der Waals surface area (Å²) in [5.74, 6) is 0.255. The number of hydrogen-bond donors (Lipinski definition) is 0. The van der Waals surface area contributed by atoms with Crippen LogP contribution in [0.2, 0.25) is 10.0 Å². The summed E-state index contributed by atoms with van der Waals surface area (Å²) in [6, 6.07) is 7.02. The zero-order chi connectivity index (χ0) is 10.3. The number of hydrogen-bond acceptors (Lipinski definition) is 1. The van der Waals surface area contributed by atoms with Gasteiger partial charge in [-0.05, 0) is 31.2 Å². The van der Waals surface area contributed by atoms with Crippen LogP contribution in [0.5, 0.6) is 0 Å². The van der Waals surface area contributed by atoms with Gasteiger partial charge in [0.2, 0.25) is 0 Å². The summed E-state index contributed by atoms with van der Waals surface area (Å²) in [6.45, 7) is 3.43. The average molecular weight is 219 g/mol. The van der Waals surface area contributed by atoms with Crippen molar-refractivity contribution < 1.29 is 4.79 Å². The number of carbonyl (C=O) groups is 1. The highest BCUT2D eigenvalue weighted by Gasteiger charge is 1.83. The van der Waals surface area contributed by atoms with Gasteiger partial charge in [0.1, 0.15) is 5.78 Å². The number of rotatable bonds is 1. The largest absolute Gasteiger partial charge is 0.300 e. The Bertz CT molecular complexity index is 233. The van der Waals surface area contributed by atoms with E-state index < -0.39 is 0 Å². The van der Waals surface area contributed by atoms with Crippen molar-refractivity contribution in [1.82, 2.24) is 0 Å². The van der Waals surface area contributed by atoms with E-state index in [1.807, 2.05) is 6.92 Å². The summed E-state index contributed by atoms with van der Waals surface area (Å²) in [4.78, 5) is 9.81. The fourth-order valence-corrected chi connectivity index (χ4v) is 0.682. The Hall–Kier alpha value is -0.530. The van der Waals surface area contributed by atoms with Crippen LogP contribution in [0, 0.1) is 0 Å². The Labute approximate surface area is 88.7 Å². The maximum Gasteiger partial charge on any atom is 0.129 e. The summed E-state index contributed by atoms with van der Waals surface area (Å²) in [5.41, 5.74) is 0. The molecule has 3 heteroatoms. The molecule has 0 bridgehead atoms. The van der Waals surface area contributed by atoms with Gasteiger partial charge in [-0.15, -0.1) is 0 Å². The number of Topliss-reactive ketones (excluding diaryl/α,β-unsaturated/α-hetero) is 1. The molecular weight excluding hydrogens is 207 g/mol. The van der Waals surface area contributed by atoms with Gasteiger partial charge < -0.3 is 4.79 Å². The van der Waals surface area contributed by atoms with E-state index in [4.69, 9.17) is 23.2 Å². The Balaban J connectivity index is 0.000000252. The predicted molar refractivity (Wildman–Crippen MR) is 57.4 cm³/mol. The third-order valence-electron chi connectivity index (χ3n) is 1.30. The lowest BCUT2D eigenvalue weighted by Gasteiger charge is -1.86. The van der Waals surface area contributed by atoms with Crippen LogP contribution in [-0.2, 0) is 4.79 Å². The Morgan fingerprint density at radius 3 is 1.54 bits per heavy atom. The maximum atomic E-state index is 9.81. The molecule has 0 aliphatic carbocycles. The number of carbonyl (C=O) groups excluding carboxylic acids is 1.